The first-order chi connectivity index (χ1) is 8.83. The van der Waals surface area contributed by atoms with E-state index in [-0.39, 0.29) is 35.3 Å². The largest absolute Gasteiger partial charge is 4.00 e. The monoisotopic (exact) mass is 474 g/mol. The maximum absolute atomic E-state index is 4.35. The first-order valence-electron chi connectivity index (χ1n) is 8.09. The van der Waals surface area contributed by atoms with Crippen LogP contribution in [0.1, 0.15) is 79.1 Å². The molecule has 21 heavy (non-hydrogen) atoms. The van der Waals surface area contributed by atoms with Crippen molar-refractivity contribution in [1.82, 2.24) is 0 Å². The van der Waals surface area contributed by atoms with Crippen LogP contribution < -0.4 is 9.41 Å². The Morgan fingerprint density at radius 1 is 0.476 bits per heavy atom. The molecule has 0 amide bonds. The summed E-state index contributed by atoms with van der Waals surface area (Å²) in [6.07, 6.45) is 10.2. The molecule has 128 valence electrons. The van der Waals surface area contributed by atoms with Gasteiger partial charge in [-0.25, -0.2) is 0 Å². The van der Waals surface area contributed by atoms with Gasteiger partial charge in [0.05, 0.1) is 0 Å². The third-order valence-electron chi connectivity index (χ3n) is 2.68. The van der Waals surface area contributed by atoms with Gasteiger partial charge in [-0.3, -0.25) is 0 Å². The normalized spacial score (nSPS) is 8.57. The van der Waals surface area contributed by atoms with Gasteiger partial charge < -0.3 is 20.0 Å². The SMILES string of the molecule is CCCC[N-]CCCC.CCCC[N-]CCCC.[F-].[F-].[Hf+4]. The Labute approximate surface area is 151 Å². The fraction of sp³-hybridized carbons (Fsp3) is 1.00. The van der Waals surface area contributed by atoms with E-state index in [0.29, 0.717) is 0 Å². The summed E-state index contributed by atoms with van der Waals surface area (Å²) in [5, 5.41) is 8.70. The number of nitrogens with zero attached hydrogens (tertiary/aromatic N) is 2. The molecule has 0 aromatic heterocycles. The predicted octanol–water partition coefficient (Wildman–Crippen LogP) is -0.0739. The van der Waals surface area contributed by atoms with Crippen molar-refractivity contribution in [2.45, 2.75) is 79.1 Å². The van der Waals surface area contributed by atoms with Gasteiger partial charge in [-0.2, -0.15) is 0 Å². The van der Waals surface area contributed by atoms with Crippen molar-refractivity contribution in [3.05, 3.63) is 10.6 Å². The van der Waals surface area contributed by atoms with Gasteiger partial charge in [-0.15, -0.1) is 26.2 Å². The standard InChI is InChI=1S/2C8H18N.2FH.Hf/c2*1-3-5-7-9-8-6-4-2;;;/h2*3-8H2,1-2H3;2*1H;/q2*-1;;;+4/p-2. The Morgan fingerprint density at radius 3 is 0.810 bits per heavy atom. The van der Waals surface area contributed by atoms with Gasteiger partial charge in [0.15, 0.2) is 0 Å². The Morgan fingerprint density at radius 2 is 0.667 bits per heavy atom. The van der Waals surface area contributed by atoms with E-state index >= 15 is 0 Å². The summed E-state index contributed by atoms with van der Waals surface area (Å²) in [6.45, 7) is 13.1. The average molecular weight is 473 g/mol. The Bertz CT molecular complexity index is 105. The molecule has 0 N–H and O–H groups in total. The van der Waals surface area contributed by atoms with E-state index in [0.717, 1.165) is 26.2 Å². The van der Waals surface area contributed by atoms with Gasteiger partial charge in [0, 0.05) is 0 Å². The molecule has 0 saturated heterocycles. The van der Waals surface area contributed by atoms with Crippen LogP contribution >= 0.6 is 0 Å². The van der Waals surface area contributed by atoms with Gasteiger partial charge in [-0.1, -0.05) is 79.1 Å². The van der Waals surface area contributed by atoms with Crippen molar-refractivity contribution in [3.63, 3.8) is 0 Å². The summed E-state index contributed by atoms with van der Waals surface area (Å²) in [6, 6.07) is 0. The van der Waals surface area contributed by atoms with Crippen LogP contribution in [0.25, 0.3) is 10.6 Å². The maximum Gasteiger partial charge on any atom is 4.00 e. The molecule has 0 aromatic rings. The molecular weight excluding hydrogens is 437 g/mol. The fourth-order valence-electron chi connectivity index (χ4n) is 1.30. The molecule has 2 nitrogen and oxygen atoms in total. The van der Waals surface area contributed by atoms with Gasteiger partial charge in [-0.05, 0) is 0 Å². The minimum absolute atomic E-state index is 0. The van der Waals surface area contributed by atoms with Crippen LogP contribution in [0, 0.1) is 0 Å². The van der Waals surface area contributed by atoms with Gasteiger partial charge in [0.25, 0.3) is 0 Å². The minimum atomic E-state index is 0. The molecule has 0 bridgehead atoms. The van der Waals surface area contributed by atoms with Crippen LogP contribution in [0.5, 0.6) is 0 Å². The van der Waals surface area contributed by atoms with Crippen LogP contribution in [-0.4, -0.2) is 26.2 Å². The molecule has 0 aliphatic rings. The molecule has 5 heteroatoms. The van der Waals surface area contributed by atoms with Crippen LogP contribution in [0.3, 0.4) is 0 Å². The first-order valence-corrected chi connectivity index (χ1v) is 8.09. The molecule has 0 heterocycles. The maximum atomic E-state index is 4.35. The molecule has 0 unspecified atom stereocenters. The Balaban J connectivity index is -0.0000000711. The van der Waals surface area contributed by atoms with Crippen molar-refractivity contribution in [1.29, 1.82) is 0 Å². The number of hydrogen-bond donors (Lipinski definition) is 0. The molecule has 0 spiro atoms. The van der Waals surface area contributed by atoms with Gasteiger partial charge in [0.2, 0.25) is 0 Å². The van der Waals surface area contributed by atoms with Gasteiger partial charge >= 0.3 is 25.8 Å². The zero-order valence-electron chi connectivity index (χ0n) is 14.6. The number of unbranched alkanes of at least 4 members (excludes halogenated alkanes) is 4. The molecule has 0 fully saturated rings. The molecule has 0 rings (SSSR count). The molecule has 0 aliphatic heterocycles. The molecule has 0 aromatic carbocycles. The van der Waals surface area contributed by atoms with Crippen LogP contribution in [0.15, 0.2) is 0 Å². The zero-order chi connectivity index (χ0) is 13.9. The van der Waals surface area contributed by atoms with Crippen molar-refractivity contribution < 1.29 is 35.3 Å². The summed E-state index contributed by atoms with van der Waals surface area (Å²) in [4.78, 5) is 0. The van der Waals surface area contributed by atoms with E-state index < -0.39 is 0 Å². The summed E-state index contributed by atoms with van der Waals surface area (Å²) in [5.41, 5.74) is 0. The fourth-order valence-corrected chi connectivity index (χ4v) is 1.30. The van der Waals surface area contributed by atoms with E-state index in [1.165, 1.54) is 51.4 Å². The van der Waals surface area contributed by atoms with Crippen LogP contribution in [-0.2, 0) is 25.8 Å². The molecule has 0 aliphatic carbocycles. The van der Waals surface area contributed by atoms with Gasteiger partial charge in [0.1, 0.15) is 0 Å². The second kappa shape index (κ2) is 37.2. The summed E-state index contributed by atoms with van der Waals surface area (Å²) in [5.74, 6) is 0. The van der Waals surface area contributed by atoms with Crippen molar-refractivity contribution in [2.75, 3.05) is 26.2 Å². The van der Waals surface area contributed by atoms with Crippen molar-refractivity contribution in [3.8, 4) is 0 Å². The van der Waals surface area contributed by atoms with Crippen molar-refractivity contribution in [2.24, 2.45) is 0 Å². The molecular formula is C16H36F2HfN2. The van der Waals surface area contributed by atoms with Crippen LogP contribution in [0.2, 0.25) is 0 Å². The van der Waals surface area contributed by atoms with E-state index in [4.69, 9.17) is 0 Å². The molecule has 0 radical (unpaired) electrons. The van der Waals surface area contributed by atoms with E-state index in [2.05, 4.69) is 38.3 Å². The summed E-state index contributed by atoms with van der Waals surface area (Å²) in [7, 11) is 0. The average Bonchev–Trinajstić information content (AvgIpc) is 2.39. The van der Waals surface area contributed by atoms with Crippen LogP contribution in [0.4, 0.5) is 0 Å². The smallest absolute Gasteiger partial charge is 1.00 e. The predicted molar refractivity (Wildman–Crippen MR) is 85.8 cm³/mol. The topological polar surface area (TPSA) is 28.2 Å². The first kappa shape index (κ1) is 33.3. The van der Waals surface area contributed by atoms with E-state index in [1.54, 1.807) is 0 Å². The molecule has 0 atom stereocenters. The van der Waals surface area contributed by atoms with Crippen molar-refractivity contribution >= 4 is 0 Å². The molecule has 0 saturated carbocycles. The Kier molecular flexibility index (Phi) is 58.9. The Hall–Kier alpha value is 0.650. The number of rotatable bonds is 12. The third kappa shape index (κ3) is 44.9. The summed E-state index contributed by atoms with van der Waals surface area (Å²) < 4.78 is 0. The second-order valence-corrected chi connectivity index (χ2v) is 4.76. The minimum Gasteiger partial charge on any atom is -1.00 e. The quantitative estimate of drug-likeness (QED) is 0.281. The number of hydrogen-bond acceptors (Lipinski definition) is 0. The van der Waals surface area contributed by atoms with E-state index in [9.17, 15) is 0 Å². The second-order valence-electron chi connectivity index (χ2n) is 4.76. The summed E-state index contributed by atoms with van der Waals surface area (Å²) >= 11 is 0. The third-order valence-corrected chi connectivity index (χ3v) is 2.68. The zero-order valence-corrected chi connectivity index (χ0v) is 18.2. The number of halogens is 2. The van der Waals surface area contributed by atoms with E-state index in [1.807, 2.05) is 0 Å².